The van der Waals surface area contributed by atoms with Crippen LogP contribution in [0.25, 0.3) is 55.5 Å². The predicted molar refractivity (Wildman–Crippen MR) is 133 cm³/mol. The summed E-state index contributed by atoms with van der Waals surface area (Å²) in [6.45, 7) is 6.67. The third-order valence-corrected chi connectivity index (χ3v) is 6.09. The van der Waals surface area contributed by atoms with Gasteiger partial charge in [-0.05, 0) is 44.5 Å². The quantitative estimate of drug-likeness (QED) is 0.286. The first kappa shape index (κ1) is 18.9. The molecule has 3 nitrogen and oxygen atoms in total. The van der Waals surface area contributed by atoms with Crippen LogP contribution >= 0.6 is 0 Å². The monoisotopic (exact) mass is 416 g/mol. The second-order valence-corrected chi connectivity index (χ2v) is 9.29. The number of fused-ring (bicyclic) bond motifs is 4. The van der Waals surface area contributed by atoms with Gasteiger partial charge in [-0.2, -0.15) is 0 Å². The first-order chi connectivity index (χ1) is 15.5. The lowest BCUT2D eigenvalue weighted by molar-refractivity contribution is 0.413. The van der Waals surface area contributed by atoms with E-state index in [4.69, 9.17) is 9.40 Å². The summed E-state index contributed by atoms with van der Waals surface area (Å²) in [5.74, 6) is 0.993. The van der Waals surface area contributed by atoms with Gasteiger partial charge in [0.05, 0.1) is 11.0 Å². The summed E-state index contributed by atoms with van der Waals surface area (Å²) in [7, 11) is 0. The van der Waals surface area contributed by atoms with Gasteiger partial charge < -0.3 is 8.98 Å². The van der Waals surface area contributed by atoms with Gasteiger partial charge in [-0.3, -0.25) is 0 Å². The number of imidazole rings is 1. The van der Waals surface area contributed by atoms with Crippen LogP contribution in [0.1, 0.15) is 20.8 Å². The summed E-state index contributed by atoms with van der Waals surface area (Å²) < 4.78 is 8.57. The molecule has 0 N–H and O–H groups in total. The highest BCUT2D eigenvalue weighted by molar-refractivity contribution is 6.09. The van der Waals surface area contributed by atoms with Gasteiger partial charge in [0.25, 0.3) is 0 Å². The second kappa shape index (κ2) is 6.83. The minimum absolute atomic E-state index is 0.0794. The molecule has 0 bridgehead atoms. The number of benzene rings is 4. The molecule has 6 aromatic rings. The molecule has 0 atom stereocenters. The zero-order chi connectivity index (χ0) is 21.9. The standard InChI is InChI=1S/C29H24N2O/c1-29(2,3)31-25-13-6-5-12-24(25)30-28(31)20-17-15-19(16-18-20)21-10-8-11-23-22-9-4-7-14-26(22)32-27(21)23/h4-18H,1-3H3. The van der Waals surface area contributed by atoms with Crippen molar-refractivity contribution >= 4 is 33.0 Å². The number of para-hydroxylation sites is 4. The SMILES string of the molecule is CC(C)(C)n1c(-c2ccc(-c3cccc4c3oc3ccccc34)cc2)nc2ccccc21. The average Bonchev–Trinajstić information content (AvgIpc) is 3.38. The van der Waals surface area contributed by atoms with E-state index in [0.717, 1.165) is 55.5 Å². The Morgan fingerprint density at radius 2 is 1.38 bits per heavy atom. The number of furan rings is 1. The van der Waals surface area contributed by atoms with E-state index in [0.29, 0.717) is 0 Å². The van der Waals surface area contributed by atoms with Crippen molar-refractivity contribution in [3.05, 3.63) is 91.0 Å². The summed E-state index contributed by atoms with van der Waals surface area (Å²) in [6, 6.07) is 31.6. The fourth-order valence-electron chi connectivity index (χ4n) is 4.67. The predicted octanol–water partition coefficient (Wildman–Crippen LogP) is 8.02. The summed E-state index contributed by atoms with van der Waals surface area (Å²) >= 11 is 0. The summed E-state index contributed by atoms with van der Waals surface area (Å²) in [6.07, 6.45) is 0. The lowest BCUT2D eigenvalue weighted by Crippen LogP contribution is -2.22. The zero-order valence-electron chi connectivity index (χ0n) is 18.5. The van der Waals surface area contributed by atoms with Crippen LogP contribution in [0.3, 0.4) is 0 Å². The van der Waals surface area contributed by atoms with Gasteiger partial charge in [-0.1, -0.05) is 72.8 Å². The number of aromatic nitrogens is 2. The summed E-state index contributed by atoms with van der Waals surface area (Å²) in [5, 5.41) is 2.30. The van der Waals surface area contributed by atoms with E-state index in [1.165, 1.54) is 0 Å². The van der Waals surface area contributed by atoms with Crippen molar-refractivity contribution in [2.45, 2.75) is 26.3 Å². The lowest BCUT2D eigenvalue weighted by Gasteiger charge is -2.24. The van der Waals surface area contributed by atoms with E-state index in [9.17, 15) is 0 Å². The van der Waals surface area contributed by atoms with Crippen LogP contribution in [0.15, 0.2) is 95.4 Å². The molecule has 3 heteroatoms. The first-order valence-corrected chi connectivity index (χ1v) is 11.0. The number of hydrogen-bond donors (Lipinski definition) is 0. The van der Waals surface area contributed by atoms with Gasteiger partial charge in [-0.25, -0.2) is 4.98 Å². The summed E-state index contributed by atoms with van der Waals surface area (Å²) in [4.78, 5) is 4.97. The highest BCUT2D eigenvalue weighted by Crippen LogP contribution is 2.37. The van der Waals surface area contributed by atoms with Crippen LogP contribution in [-0.2, 0) is 5.54 Å². The van der Waals surface area contributed by atoms with Crippen LogP contribution in [0.5, 0.6) is 0 Å². The minimum atomic E-state index is -0.0794. The van der Waals surface area contributed by atoms with Crippen molar-refractivity contribution in [1.82, 2.24) is 9.55 Å². The Kier molecular flexibility index (Phi) is 4.03. The Bertz CT molecular complexity index is 1590. The molecule has 0 amide bonds. The maximum absolute atomic E-state index is 6.24. The fraction of sp³-hybridized carbons (Fsp3) is 0.138. The van der Waals surface area contributed by atoms with E-state index >= 15 is 0 Å². The van der Waals surface area contributed by atoms with Gasteiger partial charge in [0.15, 0.2) is 0 Å². The molecule has 0 radical (unpaired) electrons. The van der Waals surface area contributed by atoms with Gasteiger partial charge in [-0.15, -0.1) is 0 Å². The molecule has 0 aliphatic carbocycles. The Labute approximate surface area is 186 Å². The van der Waals surface area contributed by atoms with Crippen molar-refractivity contribution in [3.63, 3.8) is 0 Å². The third kappa shape index (κ3) is 2.85. The second-order valence-electron chi connectivity index (χ2n) is 9.29. The van der Waals surface area contributed by atoms with Crippen LogP contribution in [0.2, 0.25) is 0 Å². The fourth-order valence-corrected chi connectivity index (χ4v) is 4.67. The number of nitrogens with zero attached hydrogens (tertiary/aromatic N) is 2. The average molecular weight is 417 g/mol. The molecule has 32 heavy (non-hydrogen) atoms. The normalized spacial score (nSPS) is 12.2. The highest BCUT2D eigenvalue weighted by atomic mass is 16.3. The van der Waals surface area contributed by atoms with Crippen LogP contribution in [0.4, 0.5) is 0 Å². The van der Waals surface area contributed by atoms with Gasteiger partial charge in [0.2, 0.25) is 0 Å². The van der Waals surface area contributed by atoms with Crippen LogP contribution < -0.4 is 0 Å². The van der Waals surface area contributed by atoms with Crippen molar-refractivity contribution < 1.29 is 4.42 Å². The van der Waals surface area contributed by atoms with Crippen molar-refractivity contribution in [2.24, 2.45) is 0 Å². The van der Waals surface area contributed by atoms with E-state index < -0.39 is 0 Å². The molecule has 0 aliphatic heterocycles. The van der Waals surface area contributed by atoms with Crippen LogP contribution in [-0.4, -0.2) is 9.55 Å². The minimum Gasteiger partial charge on any atom is -0.455 e. The first-order valence-electron chi connectivity index (χ1n) is 11.0. The Morgan fingerprint density at radius 3 is 2.19 bits per heavy atom. The van der Waals surface area contributed by atoms with E-state index in [-0.39, 0.29) is 5.54 Å². The number of rotatable bonds is 2. The molecule has 0 unspecified atom stereocenters. The van der Waals surface area contributed by atoms with Crippen molar-refractivity contribution in [3.8, 4) is 22.5 Å². The smallest absolute Gasteiger partial charge is 0.143 e. The van der Waals surface area contributed by atoms with E-state index in [2.05, 4.69) is 98.1 Å². The molecule has 0 saturated carbocycles. The molecular weight excluding hydrogens is 392 g/mol. The Hall–Kier alpha value is -3.85. The van der Waals surface area contributed by atoms with E-state index in [1.807, 2.05) is 18.2 Å². The molecule has 156 valence electrons. The molecular formula is C29H24N2O. The molecule has 0 saturated heterocycles. The third-order valence-electron chi connectivity index (χ3n) is 6.09. The summed E-state index contributed by atoms with van der Waals surface area (Å²) in [5.41, 5.74) is 7.31. The number of hydrogen-bond acceptors (Lipinski definition) is 2. The maximum Gasteiger partial charge on any atom is 0.143 e. The van der Waals surface area contributed by atoms with Crippen molar-refractivity contribution in [2.75, 3.05) is 0 Å². The molecule has 0 spiro atoms. The van der Waals surface area contributed by atoms with Gasteiger partial charge in [0.1, 0.15) is 17.0 Å². The van der Waals surface area contributed by atoms with Gasteiger partial charge in [0, 0.05) is 27.4 Å². The maximum atomic E-state index is 6.24. The topological polar surface area (TPSA) is 31.0 Å². The van der Waals surface area contributed by atoms with E-state index in [1.54, 1.807) is 0 Å². The Morgan fingerprint density at radius 1 is 0.688 bits per heavy atom. The largest absolute Gasteiger partial charge is 0.455 e. The molecule has 0 aliphatic rings. The zero-order valence-corrected chi connectivity index (χ0v) is 18.5. The van der Waals surface area contributed by atoms with Crippen molar-refractivity contribution in [1.29, 1.82) is 0 Å². The van der Waals surface area contributed by atoms with Crippen LogP contribution in [0, 0.1) is 0 Å². The highest BCUT2D eigenvalue weighted by Gasteiger charge is 2.22. The molecule has 0 fully saturated rings. The van der Waals surface area contributed by atoms with Gasteiger partial charge >= 0.3 is 0 Å². The molecule has 2 aromatic heterocycles. The lowest BCUT2D eigenvalue weighted by atomic mass is 10.0. The molecule has 4 aromatic carbocycles. The molecule has 2 heterocycles. The Balaban J connectivity index is 1.50. The molecule has 6 rings (SSSR count).